The van der Waals surface area contributed by atoms with E-state index in [2.05, 4.69) is 5.32 Å². The number of hydrogen-bond acceptors (Lipinski definition) is 4. The third kappa shape index (κ3) is 5.93. The molecule has 1 heterocycles. The van der Waals surface area contributed by atoms with Crippen LogP contribution in [0.2, 0.25) is 0 Å². The van der Waals surface area contributed by atoms with Gasteiger partial charge in [-0.25, -0.2) is 17.2 Å². The Morgan fingerprint density at radius 3 is 2.34 bits per heavy atom. The van der Waals surface area contributed by atoms with E-state index in [1.165, 1.54) is 15.8 Å². The normalized spacial score (nSPS) is 16.2. The van der Waals surface area contributed by atoms with Crippen molar-refractivity contribution in [1.29, 1.82) is 0 Å². The molecule has 9 heteroatoms. The number of nitrogens with zero attached hydrogens (tertiary/aromatic N) is 2. The fourth-order valence-electron chi connectivity index (χ4n) is 2.93. The van der Waals surface area contributed by atoms with E-state index in [0.717, 1.165) is 17.7 Å². The molecular weight excluding hydrogens is 400 g/mol. The fraction of sp³-hybridized carbons (Fsp3) is 0.250. The summed E-state index contributed by atoms with van der Waals surface area (Å²) in [5.74, 6) is -2.40. The highest BCUT2D eigenvalue weighted by Crippen LogP contribution is 2.14. The first-order valence-corrected chi connectivity index (χ1v) is 10.5. The number of benzene rings is 2. The lowest BCUT2D eigenvalue weighted by Crippen LogP contribution is -2.49. The van der Waals surface area contributed by atoms with Gasteiger partial charge in [0.2, 0.25) is 15.9 Å². The lowest BCUT2D eigenvalue weighted by atomic mass is 10.2. The number of carbonyl (C=O) groups excluding carboxylic acids is 1. The molecular formula is C20H21F2N3O3S. The van der Waals surface area contributed by atoms with Gasteiger partial charge in [-0.1, -0.05) is 30.3 Å². The minimum Gasteiger partial charge on any atom is -0.325 e. The van der Waals surface area contributed by atoms with E-state index in [4.69, 9.17) is 0 Å². The van der Waals surface area contributed by atoms with Gasteiger partial charge in [0.1, 0.15) is 0 Å². The highest BCUT2D eigenvalue weighted by Gasteiger charge is 2.26. The summed E-state index contributed by atoms with van der Waals surface area (Å²) in [4.78, 5) is 13.9. The van der Waals surface area contributed by atoms with Crippen LogP contribution in [0.5, 0.6) is 0 Å². The number of rotatable bonds is 6. The predicted octanol–water partition coefficient (Wildman–Crippen LogP) is 2.52. The summed E-state index contributed by atoms with van der Waals surface area (Å²) in [5.41, 5.74) is 0.963. The van der Waals surface area contributed by atoms with E-state index in [1.807, 2.05) is 35.2 Å². The molecule has 0 aliphatic carbocycles. The van der Waals surface area contributed by atoms with E-state index >= 15 is 0 Å². The number of anilines is 1. The number of carbonyl (C=O) groups is 1. The summed E-state index contributed by atoms with van der Waals surface area (Å²) in [6.07, 6.45) is 1.55. The minimum atomic E-state index is -3.54. The van der Waals surface area contributed by atoms with Crippen molar-refractivity contribution in [2.75, 3.05) is 38.0 Å². The molecule has 3 rings (SSSR count). The summed E-state index contributed by atoms with van der Waals surface area (Å²) in [7, 11) is -3.54. The van der Waals surface area contributed by atoms with Gasteiger partial charge in [0.05, 0.1) is 6.54 Å². The van der Waals surface area contributed by atoms with Gasteiger partial charge in [-0.05, 0) is 23.8 Å². The number of sulfonamides is 1. The van der Waals surface area contributed by atoms with Crippen molar-refractivity contribution in [3.05, 3.63) is 71.1 Å². The van der Waals surface area contributed by atoms with E-state index in [1.54, 1.807) is 6.08 Å². The summed E-state index contributed by atoms with van der Waals surface area (Å²) < 4.78 is 52.4. The van der Waals surface area contributed by atoms with Gasteiger partial charge < -0.3 is 5.32 Å². The molecule has 2 aromatic carbocycles. The first-order chi connectivity index (χ1) is 13.8. The van der Waals surface area contributed by atoms with E-state index in [0.29, 0.717) is 13.1 Å². The highest BCUT2D eigenvalue weighted by atomic mass is 32.2. The van der Waals surface area contributed by atoms with Crippen molar-refractivity contribution in [2.45, 2.75) is 0 Å². The summed E-state index contributed by atoms with van der Waals surface area (Å²) in [6.45, 7) is 1.35. The van der Waals surface area contributed by atoms with Gasteiger partial charge in [0.15, 0.2) is 11.6 Å². The minimum absolute atomic E-state index is 0.0345. The number of halogens is 2. The van der Waals surface area contributed by atoms with Crippen LogP contribution in [0.15, 0.2) is 53.9 Å². The maximum atomic E-state index is 13.2. The molecule has 0 unspecified atom stereocenters. The highest BCUT2D eigenvalue weighted by molar-refractivity contribution is 7.92. The second kappa shape index (κ2) is 9.25. The number of hydrogen-bond donors (Lipinski definition) is 1. The van der Waals surface area contributed by atoms with E-state index in [9.17, 15) is 22.0 Å². The van der Waals surface area contributed by atoms with Crippen molar-refractivity contribution in [3.63, 3.8) is 0 Å². The van der Waals surface area contributed by atoms with Gasteiger partial charge in [-0.15, -0.1) is 0 Å². The molecule has 1 fully saturated rings. The Balaban J connectivity index is 1.50. The van der Waals surface area contributed by atoms with Crippen molar-refractivity contribution >= 4 is 27.7 Å². The van der Waals surface area contributed by atoms with Crippen LogP contribution in [0.25, 0.3) is 6.08 Å². The molecule has 0 radical (unpaired) electrons. The second-order valence-corrected chi connectivity index (χ2v) is 8.43. The molecule has 1 aliphatic rings. The maximum absolute atomic E-state index is 13.2. The lowest BCUT2D eigenvalue weighted by Gasteiger charge is -2.32. The van der Waals surface area contributed by atoms with Gasteiger partial charge >= 0.3 is 0 Å². The summed E-state index contributed by atoms with van der Waals surface area (Å²) in [6, 6.07) is 12.3. The van der Waals surface area contributed by atoms with Crippen LogP contribution in [0.4, 0.5) is 14.5 Å². The van der Waals surface area contributed by atoms with Gasteiger partial charge in [-0.2, -0.15) is 4.31 Å². The van der Waals surface area contributed by atoms with Gasteiger partial charge in [0, 0.05) is 43.3 Å². The van der Waals surface area contributed by atoms with Crippen LogP contribution in [-0.2, 0) is 14.8 Å². The third-order valence-corrected chi connectivity index (χ3v) is 6.06. The smallest absolute Gasteiger partial charge is 0.238 e. The van der Waals surface area contributed by atoms with Gasteiger partial charge in [-0.3, -0.25) is 9.69 Å². The van der Waals surface area contributed by atoms with E-state index < -0.39 is 21.7 Å². The Kier molecular flexibility index (Phi) is 6.73. The molecule has 1 N–H and O–H groups in total. The first-order valence-electron chi connectivity index (χ1n) is 9.04. The molecule has 1 saturated heterocycles. The average Bonchev–Trinajstić information content (AvgIpc) is 2.70. The van der Waals surface area contributed by atoms with E-state index in [-0.39, 0.29) is 31.2 Å². The van der Waals surface area contributed by atoms with Crippen molar-refractivity contribution in [2.24, 2.45) is 0 Å². The molecule has 0 saturated carbocycles. The van der Waals surface area contributed by atoms with Crippen molar-refractivity contribution < 1.29 is 22.0 Å². The number of nitrogens with one attached hydrogen (secondary N) is 1. The molecule has 29 heavy (non-hydrogen) atoms. The maximum Gasteiger partial charge on any atom is 0.238 e. The largest absolute Gasteiger partial charge is 0.325 e. The first kappa shape index (κ1) is 21.1. The fourth-order valence-corrected chi connectivity index (χ4v) is 4.11. The van der Waals surface area contributed by atoms with Crippen molar-refractivity contribution in [3.8, 4) is 0 Å². The molecule has 0 bridgehead atoms. The quantitative estimate of drug-likeness (QED) is 0.778. The Labute approximate surface area is 168 Å². The molecule has 1 aliphatic heterocycles. The zero-order valence-corrected chi connectivity index (χ0v) is 16.4. The van der Waals surface area contributed by atoms with Crippen LogP contribution in [0.1, 0.15) is 5.56 Å². The second-order valence-electron chi connectivity index (χ2n) is 6.61. The Morgan fingerprint density at radius 2 is 1.69 bits per heavy atom. The van der Waals surface area contributed by atoms with Crippen LogP contribution in [0.3, 0.4) is 0 Å². The number of amides is 1. The average molecular weight is 421 g/mol. The zero-order chi connectivity index (χ0) is 20.9. The standard InChI is InChI=1S/C20H21F2N3O3S/c21-18-7-6-17(14-19(18)22)23-20(26)15-24-9-11-25(12-10-24)29(27,28)13-8-16-4-2-1-3-5-16/h1-8,13-14H,9-12,15H2,(H,23,26)/b13-8+. The summed E-state index contributed by atoms with van der Waals surface area (Å²) in [5, 5.41) is 3.70. The number of piperazine rings is 1. The van der Waals surface area contributed by atoms with Crippen LogP contribution < -0.4 is 5.32 Å². The SMILES string of the molecule is O=C(CN1CCN(S(=O)(=O)/C=C/c2ccccc2)CC1)Nc1ccc(F)c(F)c1. The monoisotopic (exact) mass is 421 g/mol. The Bertz CT molecular complexity index is 989. The lowest BCUT2D eigenvalue weighted by molar-refractivity contribution is -0.117. The molecule has 0 atom stereocenters. The van der Waals surface area contributed by atoms with Crippen molar-refractivity contribution in [1.82, 2.24) is 9.21 Å². The van der Waals surface area contributed by atoms with Crippen LogP contribution in [-0.4, -0.2) is 56.3 Å². The molecule has 0 spiro atoms. The summed E-state index contributed by atoms with van der Waals surface area (Å²) >= 11 is 0. The topological polar surface area (TPSA) is 69.7 Å². The molecule has 0 aromatic heterocycles. The Morgan fingerprint density at radius 1 is 1.00 bits per heavy atom. The van der Waals surface area contributed by atoms with Crippen LogP contribution >= 0.6 is 0 Å². The molecule has 1 amide bonds. The molecule has 2 aromatic rings. The Hall–Kier alpha value is -2.62. The third-order valence-electron chi connectivity index (χ3n) is 4.49. The zero-order valence-electron chi connectivity index (χ0n) is 15.6. The molecule has 154 valence electrons. The molecule has 6 nitrogen and oxygen atoms in total. The predicted molar refractivity (Wildman–Crippen MR) is 107 cm³/mol. The van der Waals surface area contributed by atoms with Gasteiger partial charge in [0.25, 0.3) is 0 Å². The van der Waals surface area contributed by atoms with Crippen LogP contribution in [0, 0.1) is 11.6 Å².